The summed E-state index contributed by atoms with van der Waals surface area (Å²) >= 11 is 1.65. The number of fused-ring (bicyclic) bond motifs is 1. The molecule has 1 saturated carbocycles. The van der Waals surface area contributed by atoms with Gasteiger partial charge in [0.1, 0.15) is 0 Å². The van der Waals surface area contributed by atoms with Gasteiger partial charge in [0.25, 0.3) is 5.56 Å². The lowest BCUT2D eigenvalue weighted by Gasteiger charge is -2.37. The van der Waals surface area contributed by atoms with E-state index in [9.17, 15) is 14.7 Å². The van der Waals surface area contributed by atoms with Crippen LogP contribution in [0.2, 0.25) is 0 Å². The van der Waals surface area contributed by atoms with E-state index in [0.29, 0.717) is 23.0 Å². The Kier molecular flexibility index (Phi) is 3.77. The first-order chi connectivity index (χ1) is 12.0. The molecule has 3 heterocycles. The maximum Gasteiger partial charge on any atom is 0.329 e. The van der Waals surface area contributed by atoms with Crippen molar-refractivity contribution >= 4 is 28.4 Å². The second-order valence-corrected chi connectivity index (χ2v) is 7.49. The molecular weight excluding hydrogens is 342 g/mol. The van der Waals surface area contributed by atoms with Crippen LogP contribution >= 0.6 is 11.3 Å². The van der Waals surface area contributed by atoms with E-state index in [4.69, 9.17) is 0 Å². The quantitative estimate of drug-likeness (QED) is 0.642. The number of H-pyrrole nitrogens is 1. The molecule has 1 atom stereocenters. The van der Waals surface area contributed by atoms with Crippen molar-refractivity contribution in [2.24, 2.45) is 20.0 Å². The lowest BCUT2D eigenvalue weighted by molar-refractivity contribution is 0.0343. The zero-order chi connectivity index (χ0) is 17.7. The van der Waals surface area contributed by atoms with Gasteiger partial charge in [0.2, 0.25) is 5.95 Å². The van der Waals surface area contributed by atoms with Crippen molar-refractivity contribution in [3.05, 3.63) is 43.2 Å². The lowest BCUT2D eigenvalue weighted by Crippen LogP contribution is -2.36. The van der Waals surface area contributed by atoms with Gasteiger partial charge in [-0.25, -0.2) is 4.79 Å². The van der Waals surface area contributed by atoms with E-state index >= 15 is 0 Å². The van der Waals surface area contributed by atoms with Crippen LogP contribution in [0.15, 0.2) is 27.1 Å². The minimum Gasteiger partial charge on any atom is -0.393 e. The maximum atomic E-state index is 12.2. The van der Waals surface area contributed by atoms with Gasteiger partial charge in [-0.3, -0.25) is 14.3 Å². The molecule has 0 spiro atoms. The molecule has 3 N–H and O–H groups in total. The Bertz CT molecular complexity index is 1030. The molecule has 8 nitrogen and oxygen atoms in total. The molecule has 1 aliphatic carbocycles. The van der Waals surface area contributed by atoms with Gasteiger partial charge in [0, 0.05) is 19.0 Å². The molecule has 25 heavy (non-hydrogen) atoms. The number of nitrogens with zero attached hydrogens (tertiary/aromatic N) is 3. The van der Waals surface area contributed by atoms with E-state index in [-0.39, 0.29) is 12.1 Å². The van der Waals surface area contributed by atoms with E-state index in [2.05, 4.69) is 21.4 Å². The summed E-state index contributed by atoms with van der Waals surface area (Å²) < 4.78 is 3.00. The van der Waals surface area contributed by atoms with E-state index in [0.717, 1.165) is 17.7 Å². The van der Waals surface area contributed by atoms with Crippen molar-refractivity contribution < 1.29 is 5.11 Å². The molecule has 0 saturated heterocycles. The summed E-state index contributed by atoms with van der Waals surface area (Å²) in [6.07, 6.45) is 1.22. The Morgan fingerprint density at radius 1 is 1.36 bits per heavy atom. The Morgan fingerprint density at radius 3 is 2.76 bits per heavy atom. The maximum absolute atomic E-state index is 12.2. The second kappa shape index (κ2) is 5.85. The van der Waals surface area contributed by atoms with Crippen LogP contribution in [0, 0.1) is 5.92 Å². The number of hydrogen-bond acceptors (Lipinski definition) is 6. The molecule has 0 bridgehead atoms. The number of rotatable bonds is 4. The minimum absolute atomic E-state index is 0.00928. The van der Waals surface area contributed by atoms with Gasteiger partial charge in [0.15, 0.2) is 11.2 Å². The first kappa shape index (κ1) is 16.1. The summed E-state index contributed by atoms with van der Waals surface area (Å²) in [6.45, 7) is 0. The van der Waals surface area contributed by atoms with Crippen LogP contribution in [0.4, 0.5) is 5.95 Å². The van der Waals surface area contributed by atoms with Crippen LogP contribution in [-0.4, -0.2) is 30.3 Å². The molecule has 1 aliphatic rings. The Balaban J connectivity index is 1.77. The molecule has 9 heteroatoms. The minimum atomic E-state index is -0.487. The van der Waals surface area contributed by atoms with Crippen LogP contribution in [0.5, 0.6) is 0 Å². The third-order valence-corrected chi connectivity index (χ3v) is 5.85. The highest BCUT2D eigenvalue weighted by Gasteiger charge is 2.36. The number of aliphatic hydroxyl groups excluding tert-OH is 1. The molecule has 132 valence electrons. The fourth-order valence-corrected chi connectivity index (χ4v) is 4.24. The Morgan fingerprint density at radius 2 is 2.12 bits per heavy atom. The third kappa shape index (κ3) is 2.59. The third-order valence-electron chi connectivity index (χ3n) is 4.89. The first-order valence-corrected chi connectivity index (χ1v) is 8.97. The van der Waals surface area contributed by atoms with Crippen molar-refractivity contribution in [2.75, 3.05) is 5.32 Å². The molecule has 0 aliphatic heterocycles. The van der Waals surface area contributed by atoms with Crippen molar-refractivity contribution in [2.45, 2.75) is 25.0 Å². The SMILES string of the molecule is Cn1c(N[C@@H](c2cccs2)C2CC(O)C2)nc2c1c(=O)[nH]c(=O)n2C. The summed E-state index contributed by atoms with van der Waals surface area (Å²) in [6, 6.07) is 4.06. The molecular formula is C16H19N5O3S. The van der Waals surface area contributed by atoms with Gasteiger partial charge >= 0.3 is 5.69 Å². The average molecular weight is 361 g/mol. The van der Waals surface area contributed by atoms with Gasteiger partial charge in [-0.2, -0.15) is 4.98 Å². The van der Waals surface area contributed by atoms with Gasteiger partial charge in [0.05, 0.1) is 12.1 Å². The normalized spacial score (nSPS) is 21.2. The summed E-state index contributed by atoms with van der Waals surface area (Å²) in [7, 11) is 3.33. The summed E-state index contributed by atoms with van der Waals surface area (Å²) in [5.74, 6) is 0.831. The highest BCUT2D eigenvalue weighted by Crippen LogP contribution is 2.41. The summed E-state index contributed by atoms with van der Waals surface area (Å²) in [5.41, 5.74) is -0.243. The predicted octanol–water partition coefficient (Wildman–Crippen LogP) is 0.946. The zero-order valence-corrected chi connectivity index (χ0v) is 14.7. The molecule has 3 aromatic rings. The Hall–Kier alpha value is -2.39. The van der Waals surface area contributed by atoms with Crippen LogP contribution in [0.25, 0.3) is 11.2 Å². The molecule has 4 rings (SSSR count). The van der Waals surface area contributed by atoms with Gasteiger partial charge in [-0.05, 0) is 30.2 Å². The number of anilines is 1. The number of aliphatic hydroxyl groups is 1. The van der Waals surface area contributed by atoms with Crippen LogP contribution in [0.3, 0.4) is 0 Å². The number of hydrogen-bond donors (Lipinski definition) is 3. The monoisotopic (exact) mass is 361 g/mol. The fourth-order valence-electron chi connectivity index (χ4n) is 3.37. The number of nitrogens with one attached hydrogen (secondary N) is 2. The number of aromatic amines is 1. The van der Waals surface area contributed by atoms with Gasteiger partial charge in [-0.15, -0.1) is 11.3 Å². The van der Waals surface area contributed by atoms with Crippen LogP contribution < -0.4 is 16.6 Å². The van der Waals surface area contributed by atoms with Crippen molar-refractivity contribution in [1.29, 1.82) is 0 Å². The second-order valence-electron chi connectivity index (χ2n) is 6.51. The smallest absolute Gasteiger partial charge is 0.329 e. The number of aromatic nitrogens is 4. The number of imidazole rings is 1. The molecule has 0 radical (unpaired) electrons. The first-order valence-electron chi connectivity index (χ1n) is 8.09. The number of thiophene rings is 1. The molecule has 0 aromatic carbocycles. The Labute approximate surface area is 146 Å². The molecule has 1 fully saturated rings. The molecule has 0 unspecified atom stereocenters. The van der Waals surface area contributed by atoms with Gasteiger partial charge in [-0.1, -0.05) is 6.07 Å². The highest BCUT2D eigenvalue weighted by atomic mass is 32.1. The van der Waals surface area contributed by atoms with Crippen molar-refractivity contribution in [3.63, 3.8) is 0 Å². The highest BCUT2D eigenvalue weighted by molar-refractivity contribution is 7.10. The van der Waals surface area contributed by atoms with E-state index in [1.807, 2.05) is 11.4 Å². The van der Waals surface area contributed by atoms with Crippen molar-refractivity contribution in [1.82, 2.24) is 19.1 Å². The molecule has 3 aromatic heterocycles. The average Bonchev–Trinajstić information content (AvgIpc) is 3.16. The largest absolute Gasteiger partial charge is 0.393 e. The molecule has 0 amide bonds. The summed E-state index contributed by atoms with van der Waals surface area (Å²) in [4.78, 5) is 31.9. The van der Waals surface area contributed by atoms with Crippen molar-refractivity contribution in [3.8, 4) is 0 Å². The van der Waals surface area contributed by atoms with E-state index < -0.39 is 11.2 Å². The topological polar surface area (TPSA) is 105 Å². The zero-order valence-electron chi connectivity index (χ0n) is 13.9. The van der Waals surface area contributed by atoms with E-state index in [1.165, 1.54) is 4.57 Å². The standard InChI is InChI=1S/C16H19N5O3S/c1-20-12-13(21(2)16(24)19-14(12)23)18-15(20)17-11(8-6-9(22)7-8)10-4-3-5-25-10/h3-5,8-9,11,22H,6-7H2,1-2H3,(H,17,18)(H,19,23,24)/t8?,9?,11-/m1/s1. The fraction of sp³-hybridized carbons (Fsp3) is 0.438. The van der Waals surface area contributed by atoms with E-state index in [1.54, 1.807) is 30.0 Å². The summed E-state index contributed by atoms with van der Waals surface area (Å²) in [5, 5.41) is 15.1. The predicted molar refractivity (Wildman–Crippen MR) is 96.0 cm³/mol. The number of aryl methyl sites for hydroxylation is 2. The van der Waals surface area contributed by atoms with Gasteiger partial charge < -0.3 is 15.0 Å². The van der Waals surface area contributed by atoms with Crippen LogP contribution in [0.1, 0.15) is 23.8 Å². The van der Waals surface area contributed by atoms with Crippen LogP contribution in [-0.2, 0) is 14.1 Å². The lowest BCUT2D eigenvalue weighted by atomic mass is 9.77.